The summed E-state index contributed by atoms with van der Waals surface area (Å²) in [5, 5.41) is 24.9. The number of carbonyl (C=O) groups is 1. The Labute approximate surface area is 191 Å². The summed E-state index contributed by atoms with van der Waals surface area (Å²) < 4.78 is 0. The molecule has 2 heterocycles. The first kappa shape index (κ1) is 22.4. The highest BCUT2D eigenvalue weighted by Gasteiger charge is 2.49. The van der Waals surface area contributed by atoms with E-state index in [1.807, 2.05) is 45.9 Å². The second-order valence-electron chi connectivity index (χ2n) is 8.90. The second kappa shape index (κ2) is 8.60. The molecule has 1 aliphatic rings. The van der Waals surface area contributed by atoms with Crippen LogP contribution in [-0.4, -0.2) is 31.1 Å². The third kappa shape index (κ3) is 4.25. The van der Waals surface area contributed by atoms with E-state index < -0.39 is 17.5 Å². The lowest BCUT2D eigenvalue weighted by Crippen LogP contribution is -2.46. The number of carboxylic acid groups (broad SMARTS) is 1. The Bertz CT molecular complexity index is 1130. The van der Waals surface area contributed by atoms with Gasteiger partial charge in [0.2, 0.25) is 5.95 Å². The molecule has 2 atom stereocenters. The number of nitrogens with one attached hydrogen (secondary N) is 1. The topological polar surface area (TPSA) is 108 Å². The summed E-state index contributed by atoms with van der Waals surface area (Å²) in [6.07, 6.45) is 4.40. The van der Waals surface area contributed by atoms with Crippen LogP contribution in [0, 0.1) is 31.6 Å². The molecular weight excluding hydrogens is 424 g/mol. The Morgan fingerprint density at radius 3 is 2.53 bits per heavy atom. The number of thiazole rings is 1. The van der Waals surface area contributed by atoms with Gasteiger partial charge in [0.1, 0.15) is 10.6 Å². The summed E-state index contributed by atoms with van der Waals surface area (Å²) in [6, 6.07) is 7.98. The molecule has 0 aliphatic heterocycles. The third-order valence-electron chi connectivity index (χ3n) is 6.39. The number of hydrogen-bond donors (Lipinski definition) is 3. The van der Waals surface area contributed by atoms with Crippen molar-refractivity contribution in [2.45, 2.75) is 46.1 Å². The number of anilines is 2. The number of benzene rings is 1. The average Bonchev–Trinajstić information content (AvgIpc) is 3.22. The van der Waals surface area contributed by atoms with Crippen LogP contribution in [0.4, 0.5) is 11.6 Å². The Morgan fingerprint density at radius 2 is 1.88 bits per heavy atom. The van der Waals surface area contributed by atoms with E-state index in [0.717, 1.165) is 27.4 Å². The molecule has 8 heteroatoms. The van der Waals surface area contributed by atoms with E-state index in [-0.39, 0.29) is 11.8 Å². The molecular formula is C24H28N4O3S. The molecule has 7 nitrogen and oxygen atoms in total. The fraction of sp³-hybridized carbons (Fsp3) is 0.417. The van der Waals surface area contributed by atoms with Gasteiger partial charge in [-0.1, -0.05) is 19.9 Å². The Kier molecular flexibility index (Phi) is 6.01. The van der Waals surface area contributed by atoms with Gasteiger partial charge in [0.25, 0.3) is 0 Å². The molecule has 0 spiro atoms. The summed E-state index contributed by atoms with van der Waals surface area (Å²) >= 11 is 1.47. The molecule has 1 saturated carbocycles. The van der Waals surface area contributed by atoms with E-state index >= 15 is 0 Å². The van der Waals surface area contributed by atoms with Gasteiger partial charge >= 0.3 is 5.97 Å². The molecule has 0 radical (unpaired) electrons. The van der Waals surface area contributed by atoms with E-state index in [2.05, 4.69) is 26.3 Å². The van der Waals surface area contributed by atoms with Crippen LogP contribution in [0.25, 0.3) is 10.4 Å². The van der Waals surface area contributed by atoms with Crippen molar-refractivity contribution < 1.29 is 15.0 Å². The first-order valence-electron chi connectivity index (χ1n) is 10.8. The fourth-order valence-electron chi connectivity index (χ4n) is 4.65. The molecule has 3 N–H and O–H groups in total. The number of hydrogen-bond acceptors (Lipinski definition) is 7. The van der Waals surface area contributed by atoms with E-state index in [9.17, 15) is 15.0 Å². The Hall–Kier alpha value is -2.84. The zero-order valence-electron chi connectivity index (χ0n) is 18.7. The summed E-state index contributed by atoms with van der Waals surface area (Å²) in [7, 11) is 0. The number of rotatable bonds is 5. The number of aromatic nitrogens is 3. The van der Waals surface area contributed by atoms with Crippen molar-refractivity contribution in [2.24, 2.45) is 17.8 Å². The normalized spacial score (nSPS) is 25.5. The summed E-state index contributed by atoms with van der Waals surface area (Å²) in [4.78, 5) is 25.7. The minimum Gasteiger partial charge on any atom is -0.481 e. The Balaban J connectivity index is 1.62. The first-order valence-corrected chi connectivity index (χ1v) is 11.6. The van der Waals surface area contributed by atoms with Gasteiger partial charge in [-0.05, 0) is 67.9 Å². The van der Waals surface area contributed by atoms with Crippen molar-refractivity contribution >= 4 is 28.9 Å². The summed E-state index contributed by atoms with van der Waals surface area (Å²) in [5.74, 6) is -1.06. The van der Waals surface area contributed by atoms with Crippen LogP contribution in [-0.2, 0) is 10.4 Å². The van der Waals surface area contributed by atoms with Crippen LogP contribution in [0.2, 0.25) is 0 Å². The molecule has 0 bridgehead atoms. The molecule has 4 rings (SSSR count). The highest BCUT2D eigenvalue weighted by atomic mass is 32.1. The summed E-state index contributed by atoms with van der Waals surface area (Å²) in [5.41, 5.74) is 2.71. The standard InChI is InChI=1S/C24H28N4O3S/c1-13-7-17(11-19(8-13)28-23-25-6-5-16(4)27-23)20-12-26-22(32-20)24(31)14(2)9-18(21(29)30)10-15(24)3/h5-8,11-12,14-15,18,31H,9-10H2,1-4H3,(H,29,30)(H,25,27,28). The van der Waals surface area contributed by atoms with Gasteiger partial charge < -0.3 is 15.5 Å². The van der Waals surface area contributed by atoms with Crippen molar-refractivity contribution in [3.63, 3.8) is 0 Å². The SMILES string of the molecule is Cc1cc(Nc2nccc(C)n2)cc(-c2cnc(C3(O)C(C)CC(C(=O)O)CC3C)s2)c1. The van der Waals surface area contributed by atoms with Crippen molar-refractivity contribution in [1.82, 2.24) is 15.0 Å². The van der Waals surface area contributed by atoms with Crippen LogP contribution in [0.5, 0.6) is 0 Å². The van der Waals surface area contributed by atoms with Crippen LogP contribution in [0.3, 0.4) is 0 Å². The number of aliphatic hydroxyl groups is 1. The van der Waals surface area contributed by atoms with Crippen LogP contribution < -0.4 is 5.32 Å². The molecule has 0 amide bonds. The van der Waals surface area contributed by atoms with E-state index in [4.69, 9.17) is 0 Å². The van der Waals surface area contributed by atoms with Crippen LogP contribution in [0.1, 0.15) is 43.0 Å². The summed E-state index contributed by atoms with van der Waals surface area (Å²) in [6.45, 7) is 7.79. The van der Waals surface area contributed by atoms with Crippen molar-refractivity contribution in [3.05, 3.63) is 52.9 Å². The lowest BCUT2D eigenvalue weighted by molar-refractivity contribution is -0.153. The fourth-order valence-corrected chi connectivity index (χ4v) is 5.87. The minimum absolute atomic E-state index is 0.195. The van der Waals surface area contributed by atoms with Gasteiger partial charge in [0, 0.05) is 23.8 Å². The van der Waals surface area contributed by atoms with Gasteiger partial charge in [-0.3, -0.25) is 4.79 Å². The van der Waals surface area contributed by atoms with Crippen molar-refractivity contribution in [1.29, 1.82) is 0 Å². The zero-order chi connectivity index (χ0) is 23.0. The number of aryl methyl sites for hydroxylation is 2. The van der Waals surface area contributed by atoms with E-state index in [0.29, 0.717) is 23.8 Å². The zero-order valence-corrected chi connectivity index (χ0v) is 19.5. The molecule has 1 aliphatic carbocycles. The lowest BCUT2D eigenvalue weighted by atomic mass is 9.66. The van der Waals surface area contributed by atoms with Crippen LogP contribution >= 0.6 is 11.3 Å². The van der Waals surface area contributed by atoms with Gasteiger partial charge in [0.15, 0.2) is 0 Å². The smallest absolute Gasteiger partial charge is 0.306 e. The maximum Gasteiger partial charge on any atom is 0.306 e. The van der Waals surface area contributed by atoms with Gasteiger partial charge in [-0.15, -0.1) is 11.3 Å². The van der Waals surface area contributed by atoms with Crippen molar-refractivity contribution in [2.75, 3.05) is 5.32 Å². The quantitative estimate of drug-likeness (QED) is 0.504. The lowest BCUT2D eigenvalue weighted by Gasteiger charge is -2.44. The second-order valence-corrected chi connectivity index (χ2v) is 9.93. The van der Waals surface area contributed by atoms with Gasteiger partial charge in [-0.25, -0.2) is 15.0 Å². The Morgan fingerprint density at radius 1 is 1.16 bits per heavy atom. The predicted molar refractivity (Wildman–Crippen MR) is 125 cm³/mol. The number of nitrogens with zero attached hydrogens (tertiary/aromatic N) is 3. The number of aliphatic carboxylic acids is 1. The first-order chi connectivity index (χ1) is 15.2. The maximum absolute atomic E-state index is 11.6. The molecule has 1 fully saturated rings. The highest BCUT2D eigenvalue weighted by molar-refractivity contribution is 7.15. The number of carboxylic acids is 1. The molecule has 2 unspecified atom stereocenters. The average molecular weight is 453 g/mol. The predicted octanol–water partition coefficient (Wildman–Crippen LogP) is 4.91. The molecule has 0 saturated heterocycles. The van der Waals surface area contributed by atoms with Gasteiger partial charge in [-0.2, -0.15) is 0 Å². The van der Waals surface area contributed by atoms with E-state index in [1.54, 1.807) is 12.4 Å². The third-order valence-corrected chi connectivity index (χ3v) is 7.58. The molecule has 168 valence electrons. The highest BCUT2D eigenvalue weighted by Crippen LogP contribution is 2.49. The maximum atomic E-state index is 11.6. The minimum atomic E-state index is -1.13. The van der Waals surface area contributed by atoms with Crippen LogP contribution in [0.15, 0.2) is 36.7 Å². The largest absolute Gasteiger partial charge is 0.481 e. The molecule has 1 aromatic carbocycles. The molecule has 2 aromatic heterocycles. The monoisotopic (exact) mass is 452 g/mol. The van der Waals surface area contributed by atoms with Gasteiger partial charge in [0.05, 0.1) is 10.8 Å². The molecule has 32 heavy (non-hydrogen) atoms. The molecule has 3 aromatic rings. The van der Waals surface area contributed by atoms with Crippen molar-refractivity contribution in [3.8, 4) is 10.4 Å². The van der Waals surface area contributed by atoms with E-state index in [1.165, 1.54) is 11.3 Å².